The van der Waals surface area contributed by atoms with Crippen LogP contribution in [-0.2, 0) is 19.0 Å². The largest absolute Gasteiger partial charge is 0.458 e. The van der Waals surface area contributed by atoms with Gasteiger partial charge in [0, 0.05) is 19.5 Å². The van der Waals surface area contributed by atoms with E-state index in [4.69, 9.17) is 15.2 Å². The molecule has 0 aromatic carbocycles. The van der Waals surface area contributed by atoms with E-state index in [0.29, 0.717) is 0 Å². The van der Waals surface area contributed by atoms with Crippen molar-refractivity contribution in [3.63, 3.8) is 0 Å². The maximum Gasteiger partial charge on any atom is 0.379 e. The van der Waals surface area contributed by atoms with Crippen molar-refractivity contribution in [3.05, 3.63) is 30.1 Å². The first-order valence-electron chi connectivity index (χ1n) is 7.63. The van der Waals surface area contributed by atoms with Crippen molar-refractivity contribution in [2.45, 2.75) is 42.7 Å². The van der Waals surface area contributed by atoms with Crippen LogP contribution in [0.3, 0.4) is 0 Å². The number of halogens is 2. The van der Waals surface area contributed by atoms with Crippen molar-refractivity contribution in [1.29, 1.82) is 0 Å². The van der Waals surface area contributed by atoms with Gasteiger partial charge in [0.05, 0.1) is 0 Å². The smallest absolute Gasteiger partial charge is 0.379 e. The van der Waals surface area contributed by atoms with Crippen molar-refractivity contribution in [2.24, 2.45) is 5.73 Å². The molecule has 1 saturated heterocycles. The van der Waals surface area contributed by atoms with E-state index in [-0.39, 0.29) is 5.56 Å². The lowest BCUT2D eigenvalue weighted by Crippen LogP contribution is -2.59. The molecule has 11 heteroatoms. The Kier molecular flexibility index (Phi) is 6.55. The predicted molar refractivity (Wildman–Crippen MR) is 80.8 cm³/mol. The van der Waals surface area contributed by atoms with Gasteiger partial charge in [0.15, 0.2) is 6.29 Å². The van der Waals surface area contributed by atoms with E-state index < -0.39 is 55.2 Å². The summed E-state index contributed by atoms with van der Waals surface area (Å²) >= 11 is 0. The minimum atomic E-state index is -4.06. The van der Waals surface area contributed by atoms with E-state index in [9.17, 15) is 28.9 Å². The number of nitrogens with two attached hydrogens (primary N) is 1. The van der Waals surface area contributed by atoms with Crippen LogP contribution in [0.5, 0.6) is 0 Å². The molecule has 26 heavy (non-hydrogen) atoms. The van der Waals surface area contributed by atoms with Gasteiger partial charge in [-0.2, -0.15) is 8.78 Å². The molecule has 1 aromatic rings. The lowest BCUT2D eigenvalue weighted by atomic mass is 9.99. The average molecular weight is 378 g/mol. The first-order chi connectivity index (χ1) is 12.2. The Morgan fingerprint density at radius 2 is 1.92 bits per heavy atom. The van der Waals surface area contributed by atoms with E-state index in [0.717, 1.165) is 0 Å². The van der Waals surface area contributed by atoms with Gasteiger partial charge in [-0.15, -0.1) is 0 Å². The summed E-state index contributed by atoms with van der Waals surface area (Å²) in [7, 11) is 1.17. The van der Waals surface area contributed by atoms with E-state index in [1.165, 1.54) is 31.6 Å². The zero-order valence-electron chi connectivity index (χ0n) is 13.7. The number of esters is 1. The summed E-state index contributed by atoms with van der Waals surface area (Å²) in [5.41, 5.74) is 5.42. The van der Waals surface area contributed by atoms with E-state index >= 15 is 0 Å². The molecule has 0 bridgehead atoms. The fraction of sp³-hybridized carbons (Fsp3) is 0.600. The third kappa shape index (κ3) is 4.14. The summed E-state index contributed by atoms with van der Waals surface area (Å²) < 4.78 is 42.8. The third-order valence-corrected chi connectivity index (χ3v) is 4.01. The SMILES string of the molecule is CO[C@H]1O[C@H](COC(=O)C(F)(F)[C@@H](N)c2ccncc2)[C@@H](O)[C@H](O)[C@@H]1O. The highest BCUT2D eigenvalue weighted by molar-refractivity contribution is 5.78. The fourth-order valence-corrected chi connectivity index (χ4v) is 2.41. The number of carbonyl (C=O) groups excluding carboxylic acids is 1. The first kappa shape index (κ1) is 20.6. The molecule has 1 aliphatic rings. The van der Waals surface area contributed by atoms with E-state index in [1.807, 2.05) is 0 Å². The molecule has 0 unspecified atom stereocenters. The lowest BCUT2D eigenvalue weighted by Gasteiger charge is -2.39. The molecular formula is C15H20F2N2O7. The quantitative estimate of drug-likeness (QED) is 0.445. The number of hydrogen-bond acceptors (Lipinski definition) is 9. The maximum absolute atomic E-state index is 14.2. The van der Waals surface area contributed by atoms with Gasteiger partial charge >= 0.3 is 11.9 Å². The second kappa shape index (κ2) is 8.29. The number of rotatable bonds is 6. The Morgan fingerprint density at radius 1 is 1.31 bits per heavy atom. The number of methoxy groups -OCH3 is 1. The van der Waals surface area contributed by atoms with E-state index in [2.05, 4.69) is 9.72 Å². The van der Waals surface area contributed by atoms with Gasteiger partial charge in [-0.05, 0) is 17.7 Å². The zero-order chi connectivity index (χ0) is 19.5. The molecule has 0 saturated carbocycles. The number of aliphatic hydroxyl groups excluding tert-OH is 3. The number of ether oxygens (including phenoxy) is 3. The molecule has 0 spiro atoms. The number of carbonyl (C=O) groups is 1. The molecule has 146 valence electrons. The molecule has 0 radical (unpaired) electrons. The van der Waals surface area contributed by atoms with Gasteiger partial charge in [-0.3, -0.25) is 4.98 Å². The molecule has 0 amide bonds. The molecule has 6 atom stereocenters. The fourth-order valence-electron chi connectivity index (χ4n) is 2.41. The van der Waals surface area contributed by atoms with Crippen LogP contribution in [0.4, 0.5) is 8.78 Å². The molecular weight excluding hydrogens is 358 g/mol. The Labute approximate surface area is 147 Å². The first-order valence-corrected chi connectivity index (χ1v) is 7.63. The van der Waals surface area contributed by atoms with Gasteiger partial charge in [0.2, 0.25) is 0 Å². The summed E-state index contributed by atoms with van der Waals surface area (Å²) in [6.07, 6.45) is -5.10. The molecule has 9 nitrogen and oxygen atoms in total. The molecule has 1 aliphatic heterocycles. The minimum absolute atomic E-state index is 0.0195. The average Bonchev–Trinajstić information content (AvgIpc) is 2.65. The highest BCUT2D eigenvalue weighted by Gasteiger charge is 2.49. The van der Waals surface area contributed by atoms with Crippen LogP contribution in [0.15, 0.2) is 24.5 Å². The number of aliphatic hydroxyl groups is 3. The zero-order valence-corrected chi connectivity index (χ0v) is 13.7. The standard InChI is InChI=1S/C15H20F2N2O7/c1-24-13-11(22)10(21)9(20)8(26-13)6-25-14(23)15(16,17)12(18)7-2-4-19-5-3-7/h2-5,8-13,20-22H,6,18H2,1H3/t8-,9-,10+,11+,12+,13+/m1/s1. The van der Waals surface area contributed by atoms with Gasteiger partial charge < -0.3 is 35.3 Å². The van der Waals surface area contributed by atoms with Crippen LogP contribution in [0.2, 0.25) is 0 Å². The van der Waals surface area contributed by atoms with Gasteiger partial charge in [-0.1, -0.05) is 0 Å². The number of pyridine rings is 1. The molecule has 1 fully saturated rings. The summed E-state index contributed by atoms with van der Waals surface area (Å²) in [6.45, 7) is -0.803. The highest BCUT2D eigenvalue weighted by atomic mass is 19.3. The number of nitrogens with zero attached hydrogens (tertiary/aromatic N) is 1. The molecule has 2 heterocycles. The van der Waals surface area contributed by atoms with Crippen LogP contribution < -0.4 is 5.73 Å². The van der Waals surface area contributed by atoms with Crippen molar-refractivity contribution in [1.82, 2.24) is 4.98 Å². The van der Waals surface area contributed by atoms with Crippen molar-refractivity contribution >= 4 is 5.97 Å². The lowest BCUT2D eigenvalue weighted by molar-refractivity contribution is -0.296. The van der Waals surface area contributed by atoms with Crippen LogP contribution in [0.25, 0.3) is 0 Å². The maximum atomic E-state index is 14.2. The van der Waals surface area contributed by atoms with Crippen LogP contribution in [-0.4, -0.2) is 76.6 Å². The summed E-state index contributed by atoms with van der Waals surface area (Å²) in [6, 6.07) is 0.510. The van der Waals surface area contributed by atoms with Gasteiger partial charge in [0.25, 0.3) is 0 Å². The van der Waals surface area contributed by atoms with Crippen molar-refractivity contribution in [3.8, 4) is 0 Å². The molecule has 1 aromatic heterocycles. The molecule has 2 rings (SSSR count). The number of alkyl halides is 2. The summed E-state index contributed by atoms with van der Waals surface area (Å²) in [5, 5.41) is 29.2. The topological polar surface area (TPSA) is 144 Å². The Hall–Kier alpha value is -1.76. The monoisotopic (exact) mass is 378 g/mol. The number of aromatic nitrogens is 1. The Balaban J connectivity index is 2.00. The number of hydrogen-bond donors (Lipinski definition) is 4. The minimum Gasteiger partial charge on any atom is -0.458 e. The Bertz CT molecular complexity index is 605. The van der Waals surface area contributed by atoms with E-state index in [1.54, 1.807) is 0 Å². The normalized spacial score (nSPS) is 30.7. The van der Waals surface area contributed by atoms with Gasteiger partial charge in [-0.25, -0.2) is 4.79 Å². The summed E-state index contributed by atoms with van der Waals surface area (Å²) in [4.78, 5) is 15.4. The van der Waals surface area contributed by atoms with Crippen molar-refractivity contribution in [2.75, 3.05) is 13.7 Å². The van der Waals surface area contributed by atoms with Crippen LogP contribution >= 0.6 is 0 Å². The highest BCUT2D eigenvalue weighted by Crippen LogP contribution is 2.31. The van der Waals surface area contributed by atoms with Gasteiger partial charge in [0.1, 0.15) is 37.1 Å². The second-order valence-electron chi connectivity index (χ2n) is 5.73. The second-order valence-corrected chi connectivity index (χ2v) is 5.73. The summed E-state index contributed by atoms with van der Waals surface area (Å²) in [5.74, 6) is -5.98. The Morgan fingerprint density at radius 3 is 2.50 bits per heavy atom. The third-order valence-electron chi connectivity index (χ3n) is 4.01. The van der Waals surface area contributed by atoms with Crippen LogP contribution in [0, 0.1) is 0 Å². The predicted octanol–water partition coefficient (Wildman–Crippen LogP) is -1.29. The molecule has 0 aliphatic carbocycles. The molecule has 5 N–H and O–H groups in total. The van der Waals surface area contributed by atoms with Crippen LogP contribution in [0.1, 0.15) is 11.6 Å². The van der Waals surface area contributed by atoms with Crippen molar-refractivity contribution < 1.29 is 43.1 Å².